The predicted octanol–water partition coefficient (Wildman–Crippen LogP) is 1.85. The molecule has 1 fully saturated rings. The largest absolute Gasteiger partial charge is 0.352 e. The third-order valence-electron chi connectivity index (χ3n) is 3.40. The highest BCUT2D eigenvalue weighted by atomic mass is 127. The minimum absolute atomic E-state index is 0. The summed E-state index contributed by atoms with van der Waals surface area (Å²) in [5.41, 5.74) is 1.57. The van der Waals surface area contributed by atoms with Gasteiger partial charge in [-0.25, -0.2) is 0 Å². The Balaban J connectivity index is 0.00000180. The van der Waals surface area contributed by atoms with Crippen LogP contribution < -0.4 is 5.32 Å². The van der Waals surface area contributed by atoms with Crippen LogP contribution >= 0.6 is 24.0 Å². The second-order valence-electron chi connectivity index (χ2n) is 5.76. The van der Waals surface area contributed by atoms with E-state index >= 15 is 0 Å². The first kappa shape index (κ1) is 16.3. The van der Waals surface area contributed by atoms with Crippen LogP contribution in [0.1, 0.15) is 25.8 Å². The summed E-state index contributed by atoms with van der Waals surface area (Å²) < 4.78 is 1.82. The first-order valence-electron chi connectivity index (χ1n) is 6.43. The average Bonchev–Trinajstić information content (AvgIpc) is 2.86. The van der Waals surface area contributed by atoms with Crippen molar-refractivity contribution in [2.75, 3.05) is 20.1 Å². The SMILES string of the molecule is CN=C(NCc1cnn(C)c1)N1CCC(C)(C)C1.I. The molecule has 1 aliphatic rings. The maximum Gasteiger partial charge on any atom is 0.193 e. The predicted molar refractivity (Wildman–Crippen MR) is 88.8 cm³/mol. The molecule has 5 nitrogen and oxygen atoms in total. The standard InChI is InChI=1S/C13H23N5.HI/c1-13(2)5-6-18(10-13)12(14-3)15-7-11-8-16-17(4)9-11;/h8-9H,5-7,10H2,1-4H3,(H,14,15);1H. The van der Waals surface area contributed by atoms with Crippen LogP contribution in [0.5, 0.6) is 0 Å². The molecule has 108 valence electrons. The lowest BCUT2D eigenvalue weighted by atomic mass is 9.93. The Morgan fingerprint density at radius 2 is 2.26 bits per heavy atom. The van der Waals surface area contributed by atoms with E-state index in [4.69, 9.17) is 0 Å². The molecule has 0 aliphatic carbocycles. The summed E-state index contributed by atoms with van der Waals surface area (Å²) in [6.45, 7) is 7.54. The molecule has 2 rings (SSSR count). The summed E-state index contributed by atoms with van der Waals surface area (Å²) in [6, 6.07) is 0. The van der Waals surface area contributed by atoms with Gasteiger partial charge in [-0.1, -0.05) is 13.8 Å². The number of nitrogens with one attached hydrogen (secondary N) is 1. The van der Waals surface area contributed by atoms with Crippen molar-refractivity contribution in [1.29, 1.82) is 0 Å². The lowest BCUT2D eigenvalue weighted by Gasteiger charge is -2.23. The summed E-state index contributed by atoms with van der Waals surface area (Å²) >= 11 is 0. The molecule has 1 aromatic heterocycles. The molecular weight excluding hydrogens is 353 g/mol. The van der Waals surface area contributed by atoms with Gasteiger partial charge in [0.05, 0.1) is 6.20 Å². The van der Waals surface area contributed by atoms with Crippen LogP contribution in [0.15, 0.2) is 17.4 Å². The van der Waals surface area contributed by atoms with Crippen molar-refractivity contribution in [3.8, 4) is 0 Å². The van der Waals surface area contributed by atoms with E-state index in [2.05, 4.69) is 34.2 Å². The van der Waals surface area contributed by atoms with Crippen molar-refractivity contribution in [2.45, 2.75) is 26.8 Å². The smallest absolute Gasteiger partial charge is 0.193 e. The van der Waals surface area contributed by atoms with Gasteiger partial charge < -0.3 is 10.2 Å². The van der Waals surface area contributed by atoms with E-state index in [1.807, 2.05) is 31.2 Å². The Kier molecular flexibility index (Phi) is 5.64. The molecule has 1 saturated heterocycles. The fourth-order valence-electron chi connectivity index (χ4n) is 2.37. The molecule has 1 N–H and O–H groups in total. The number of hydrogen-bond donors (Lipinski definition) is 1. The molecule has 1 aliphatic heterocycles. The third-order valence-corrected chi connectivity index (χ3v) is 3.40. The summed E-state index contributed by atoms with van der Waals surface area (Å²) in [7, 11) is 3.78. The maximum absolute atomic E-state index is 4.36. The number of nitrogens with zero attached hydrogens (tertiary/aromatic N) is 4. The molecular formula is C13H24IN5. The zero-order valence-corrected chi connectivity index (χ0v) is 14.5. The van der Waals surface area contributed by atoms with E-state index in [0.29, 0.717) is 5.41 Å². The summed E-state index contributed by atoms with van der Waals surface area (Å²) in [4.78, 5) is 6.69. The fourth-order valence-corrected chi connectivity index (χ4v) is 2.37. The fraction of sp³-hybridized carbons (Fsp3) is 0.692. The number of guanidine groups is 1. The monoisotopic (exact) mass is 377 g/mol. The topological polar surface area (TPSA) is 45.5 Å². The van der Waals surface area contributed by atoms with Gasteiger partial charge in [0.2, 0.25) is 0 Å². The molecule has 0 radical (unpaired) electrons. The molecule has 0 atom stereocenters. The van der Waals surface area contributed by atoms with Crippen LogP contribution in [0, 0.1) is 5.41 Å². The Morgan fingerprint density at radius 1 is 1.53 bits per heavy atom. The van der Waals surface area contributed by atoms with E-state index in [1.165, 1.54) is 12.0 Å². The zero-order chi connectivity index (χ0) is 13.2. The minimum Gasteiger partial charge on any atom is -0.352 e. The molecule has 19 heavy (non-hydrogen) atoms. The van der Waals surface area contributed by atoms with Crippen LogP contribution in [0.2, 0.25) is 0 Å². The van der Waals surface area contributed by atoms with Gasteiger partial charge in [0.15, 0.2) is 5.96 Å². The van der Waals surface area contributed by atoms with E-state index < -0.39 is 0 Å². The van der Waals surface area contributed by atoms with Crippen molar-refractivity contribution in [2.24, 2.45) is 17.5 Å². The lowest BCUT2D eigenvalue weighted by molar-refractivity contribution is 0.370. The number of hydrogen-bond acceptors (Lipinski definition) is 2. The van der Waals surface area contributed by atoms with Gasteiger partial charge in [0.25, 0.3) is 0 Å². The Hall–Kier alpha value is -0.790. The van der Waals surface area contributed by atoms with Crippen LogP contribution in [0.4, 0.5) is 0 Å². The molecule has 0 aromatic carbocycles. The van der Waals surface area contributed by atoms with Crippen molar-refractivity contribution in [1.82, 2.24) is 20.0 Å². The summed E-state index contributed by atoms with van der Waals surface area (Å²) in [5, 5.41) is 7.57. The molecule has 0 saturated carbocycles. The van der Waals surface area contributed by atoms with Gasteiger partial charge >= 0.3 is 0 Å². The van der Waals surface area contributed by atoms with E-state index in [1.54, 1.807) is 0 Å². The van der Waals surface area contributed by atoms with Gasteiger partial charge in [0, 0.05) is 45.5 Å². The lowest BCUT2D eigenvalue weighted by Crippen LogP contribution is -2.40. The molecule has 0 spiro atoms. The van der Waals surface area contributed by atoms with Gasteiger partial charge in [-0.3, -0.25) is 9.67 Å². The van der Waals surface area contributed by atoms with Gasteiger partial charge in [-0.2, -0.15) is 5.10 Å². The van der Waals surface area contributed by atoms with Gasteiger partial charge in [-0.15, -0.1) is 24.0 Å². The average molecular weight is 377 g/mol. The normalized spacial score (nSPS) is 18.3. The molecule has 6 heteroatoms. The van der Waals surface area contributed by atoms with E-state index in [0.717, 1.165) is 25.6 Å². The van der Waals surface area contributed by atoms with Crippen LogP contribution in [0.25, 0.3) is 0 Å². The van der Waals surface area contributed by atoms with Gasteiger partial charge in [0.1, 0.15) is 0 Å². The second-order valence-corrected chi connectivity index (χ2v) is 5.76. The summed E-state index contributed by atoms with van der Waals surface area (Å²) in [6.07, 6.45) is 5.13. The third kappa shape index (κ3) is 4.36. The zero-order valence-electron chi connectivity index (χ0n) is 12.2. The first-order chi connectivity index (χ1) is 8.50. The Labute approximate surface area is 132 Å². The highest BCUT2D eigenvalue weighted by molar-refractivity contribution is 14.0. The summed E-state index contributed by atoms with van der Waals surface area (Å²) in [5.74, 6) is 0.990. The quantitative estimate of drug-likeness (QED) is 0.486. The number of aryl methyl sites for hydroxylation is 1. The second kappa shape index (κ2) is 6.58. The number of likely N-dealkylation sites (tertiary alicyclic amines) is 1. The number of aromatic nitrogens is 2. The van der Waals surface area contributed by atoms with Crippen molar-refractivity contribution in [3.05, 3.63) is 18.0 Å². The van der Waals surface area contributed by atoms with Crippen molar-refractivity contribution >= 4 is 29.9 Å². The highest BCUT2D eigenvalue weighted by Gasteiger charge is 2.30. The van der Waals surface area contributed by atoms with Crippen molar-refractivity contribution in [3.63, 3.8) is 0 Å². The highest BCUT2D eigenvalue weighted by Crippen LogP contribution is 2.28. The van der Waals surface area contributed by atoms with Crippen LogP contribution in [-0.2, 0) is 13.6 Å². The minimum atomic E-state index is 0. The van der Waals surface area contributed by atoms with Crippen LogP contribution in [0.3, 0.4) is 0 Å². The Morgan fingerprint density at radius 3 is 2.74 bits per heavy atom. The maximum atomic E-state index is 4.36. The molecule has 0 bridgehead atoms. The molecule has 0 amide bonds. The van der Waals surface area contributed by atoms with E-state index in [-0.39, 0.29) is 24.0 Å². The number of halogens is 1. The Bertz CT molecular complexity index is 438. The van der Waals surface area contributed by atoms with E-state index in [9.17, 15) is 0 Å². The molecule has 0 unspecified atom stereocenters. The first-order valence-corrected chi connectivity index (χ1v) is 6.43. The van der Waals surface area contributed by atoms with Gasteiger partial charge in [-0.05, 0) is 11.8 Å². The molecule has 1 aromatic rings. The molecule has 2 heterocycles. The number of rotatable bonds is 2. The number of aliphatic imine (C=N–C) groups is 1. The van der Waals surface area contributed by atoms with Crippen molar-refractivity contribution < 1.29 is 0 Å². The van der Waals surface area contributed by atoms with Crippen LogP contribution in [-0.4, -0.2) is 40.8 Å².